The van der Waals surface area contributed by atoms with Crippen molar-refractivity contribution in [1.82, 2.24) is 0 Å². The van der Waals surface area contributed by atoms with Crippen LogP contribution < -0.4 is 9.64 Å². The van der Waals surface area contributed by atoms with E-state index in [1.165, 1.54) is 4.90 Å². The molecule has 1 aromatic carbocycles. The molecule has 1 aromatic rings. The van der Waals surface area contributed by atoms with Crippen LogP contribution >= 0.6 is 31.9 Å². The number of anilines is 1. The number of unbranched alkanes of at least 4 members (excludes halogenated alkanes) is 3. The van der Waals surface area contributed by atoms with Crippen LogP contribution in [-0.4, -0.2) is 27.4 Å². The van der Waals surface area contributed by atoms with Crippen LogP contribution in [-0.2, 0) is 14.4 Å². The van der Waals surface area contributed by atoms with Gasteiger partial charge in [0.05, 0.1) is 17.5 Å². The molecule has 0 N–H and O–H groups in total. The van der Waals surface area contributed by atoms with Crippen molar-refractivity contribution in [2.75, 3.05) is 4.90 Å². The molecule has 3 fully saturated rings. The molecule has 0 spiro atoms. The number of carbonyl (C=O) groups is 3. The Morgan fingerprint density at radius 3 is 2.34 bits per heavy atom. The molecule has 29 heavy (non-hydrogen) atoms. The summed E-state index contributed by atoms with van der Waals surface area (Å²) in [6.45, 7) is 2.13. The molecule has 1 heterocycles. The maximum atomic E-state index is 13.1. The molecule has 0 radical (unpaired) electrons. The highest BCUT2D eigenvalue weighted by Crippen LogP contribution is 2.60. The van der Waals surface area contributed by atoms with E-state index in [-0.39, 0.29) is 51.1 Å². The number of carbonyl (C=O) groups excluding carboxylic acids is 3. The van der Waals surface area contributed by atoms with Crippen molar-refractivity contribution in [3.05, 3.63) is 24.3 Å². The number of ether oxygens (including phenoxy) is 1. The van der Waals surface area contributed by atoms with Crippen molar-refractivity contribution in [1.29, 1.82) is 0 Å². The van der Waals surface area contributed by atoms with Gasteiger partial charge in [0.25, 0.3) is 0 Å². The van der Waals surface area contributed by atoms with E-state index in [4.69, 9.17) is 4.74 Å². The monoisotopic (exact) mass is 525 g/mol. The molecule has 2 amide bonds. The summed E-state index contributed by atoms with van der Waals surface area (Å²) in [7, 11) is 0. The Kier molecular flexibility index (Phi) is 6.17. The van der Waals surface area contributed by atoms with Crippen molar-refractivity contribution in [2.24, 2.45) is 23.7 Å². The predicted molar refractivity (Wildman–Crippen MR) is 117 cm³/mol. The Bertz CT molecular complexity index is 797. The van der Waals surface area contributed by atoms with Crippen molar-refractivity contribution in [3.63, 3.8) is 0 Å². The van der Waals surface area contributed by atoms with E-state index in [0.29, 0.717) is 17.9 Å². The molecule has 1 aliphatic heterocycles. The molecule has 3 aliphatic rings. The molecule has 2 aliphatic carbocycles. The topological polar surface area (TPSA) is 63.7 Å². The van der Waals surface area contributed by atoms with Crippen molar-refractivity contribution < 1.29 is 19.1 Å². The van der Waals surface area contributed by atoms with Crippen LogP contribution in [0.2, 0.25) is 0 Å². The number of hydrogen-bond donors (Lipinski definition) is 0. The molecule has 0 unspecified atom stereocenters. The number of alkyl halides is 2. The van der Waals surface area contributed by atoms with Gasteiger partial charge >= 0.3 is 5.97 Å². The van der Waals surface area contributed by atoms with Crippen LogP contribution in [0, 0.1) is 23.7 Å². The Labute approximate surface area is 187 Å². The standard InChI is InChI=1S/C22H25Br2NO4/c1-2-3-4-5-9-16(26)29-13-8-6-7-12(10-13)25-21(27)17-14-11-15(18(17)22(25)28)20(24)19(14)23/h6-8,10,14-15,17-20H,2-5,9,11H2,1H3/t14-,15-,17+,18+,19-,20-/m1/s1. The Morgan fingerprint density at radius 2 is 1.72 bits per heavy atom. The molecule has 4 rings (SSSR count). The number of nitrogens with zero attached hydrogens (tertiary/aromatic N) is 1. The van der Waals surface area contributed by atoms with Gasteiger partial charge in [-0.1, -0.05) is 64.1 Å². The SMILES string of the molecule is CCCCCCC(=O)Oc1cccc(N2C(=O)[C@H]3[C@H]4C[C@@H]([C@@H](Br)[C@@H]4Br)[C@@H]3C2=O)c1. The fraction of sp³-hybridized carbons (Fsp3) is 0.591. The summed E-state index contributed by atoms with van der Waals surface area (Å²) in [5.41, 5.74) is 0.488. The number of fused-ring (bicyclic) bond motifs is 5. The minimum atomic E-state index is -0.281. The zero-order chi connectivity index (χ0) is 20.7. The Hall–Kier alpha value is -1.21. The average molecular weight is 527 g/mol. The third kappa shape index (κ3) is 3.69. The van der Waals surface area contributed by atoms with Gasteiger partial charge < -0.3 is 4.74 Å². The maximum absolute atomic E-state index is 13.1. The zero-order valence-corrected chi connectivity index (χ0v) is 19.5. The molecule has 2 bridgehead atoms. The number of esters is 1. The van der Waals surface area contributed by atoms with Crippen LogP contribution in [0.3, 0.4) is 0 Å². The predicted octanol–water partition coefficient (Wildman–Crippen LogP) is 4.84. The summed E-state index contributed by atoms with van der Waals surface area (Å²) in [4.78, 5) is 40.1. The van der Waals surface area contributed by atoms with Crippen LogP contribution in [0.25, 0.3) is 0 Å². The Morgan fingerprint density at radius 1 is 1.07 bits per heavy atom. The number of benzene rings is 1. The molecule has 2 saturated carbocycles. The van der Waals surface area contributed by atoms with Crippen molar-refractivity contribution in [2.45, 2.75) is 55.1 Å². The lowest BCUT2D eigenvalue weighted by molar-refractivity contribution is -0.134. The first-order valence-electron chi connectivity index (χ1n) is 10.4. The molecule has 156 valence electrons. The van der Waals surface area contributed by atoms with Gasteiger partial charge in [0.15, 0.2) is 0 Å². The molecular formula is C22H25Br2NO4. The summed E-state index contributed by atoms with van der Waals surface area (Å²) in [6, 6.07) is 6.76. The van der Waals surface area contributed by atoms with E-state index in [1.54, 1.807) is 24.3 Å². The minimum absolute atomic E-state index is 0.126. The first-order chi connectivity index (χ1) is 13.9. The highest BCUT2D eigenvalue weighted by Gasteiger charge is 2.66. The summed E-state index contributed by atoms with van der Waals surface area (Å²) in [5, 5.41) is 0. The van der Waals surface area contributed by atoms with E-state index >= 15 is 0 Å². The van der Waals surface area contributed by atoms with E-state index < -0.39 is 0 Å². The molecule has 6 atom stereocenters. The second kappa shape index (κ2) is 8.50. The second-order valence-electron chi connectivity index (χ2n) is 8.30. The van der Waals surface area contributed by atoms with Crippen molar-refractivity contribution >= 4 is 55.3 Å². The first-order valence-corrected chi connectivity index (χ1v) is 12.2. The first kappa shape index (κ1) is 21.0. The number of hydrogen-bond acceptors (Lipinski definition) is 4. The van der Waals surface area contributed by atoms with Gasteiger partial charge in [-0.05, 0) is 36.8 Å². The molecular weight excluding hydrogens is 502 g/mol. The van der Waals surface area contributed by atoms with Crippen LogP contribution in [0.4, 0.5) is 5.69 Å². The van der Waals surface area contributed by atoms with E-state index in [2.05, 4.69) is 38.8 Å². The van der Waals surface area contributed by atoms with E-state index in [1.807, 2.05) is 0 Å². The fourth-order valence-electron chi connectivity index (χ4n) is 5.17. The molecule has 7 heteroatoms. The van der Waals surface area contributed by atoms with Crippen LogP contribution in [0.5, 0.6) is 5.75 Å². The number of rotatable bonds is 7. The molecule has 0 aromatic heterocycles. The summed E-state index contributed by atoms with van der Waals surface area (Å²) in [6.07, 6.45) is 5.32. The minimum Gasteiger partial charge on any atom is -0.426 e. The number of imide groups is 1. The van der Waals surface area contributed by atoms with E-state index in [9.17, 15) is 14.4 Å². The summed E-state index contributed by atoms with van der Waals surface area (Å²) < 4.78 is 5.44. The van der Waals surface area contributed by atoms with Gasteiger partial charge in [0.2, 0.25) is 11.8 Å². The largest absolute Gasteiger partial charge is 0.426 e. The molecule has 1 saturated heterocycles. The fourth-order valence-corrected chi connectivity index (χ4v) is 7.04. The third-order valence-electron chi connectivity index (χ3n) is 6.53. The highest BCUT2D eigenvalue weighted by molar-refractivity contribution is 9.12. The van der Waals surface area contributed by atoms with Crippen LogP contribution in [0.1, 0.15) is 45.4 Å². The van der Waals surface area contributed by atoms with Gasteiger partial charge in [0.1, 0.15) is 5.75 Å². The van der Waals surface area contributed by atoms with Gasteiger partial charge in [-0.25, -0.2) is 4.90 Å². The van der Waals surface area contributed by atoms with Crippen LogP contribution in [0.15, 0.2) is 24.3 Å². The lowest BCUT2D eigenvalue weighted by Gasteiger charge is -2.28. The zero-order valence-electron chi connectivity index (χ0n) is 16.4. The lowest BCUT2D eigenvalue weighted by Crippen LogP contribution is -2.37. The molecule has 5 nitrogen and oxygen atoms in total. The second-order valence-corrected chi connectivity index (χ2v) is 10.4. The van der Waals surface area contributed by atoms with Gasteiger partial charge in [-0.15, -0.1) is 0 Å². The summed E-state index contributed by atoms with van der Waals surface area (Å²) >= 11 is 7.41. The maximum Gasteiger partial charge on any atom is 0.311 e. The average Bonchev–Trinajstić information content (AvgIpc) is 3.30. The normalized spacial score (nSPS) is 32.7. The number of amides is 2. The number of halogens is 2. The lowest BCUT2D eigenvalue weighted by atomic mass is 9.81. The quantitative estimate of drug-likeness (QED) is 0.167. The van der Waals surface area contributed by atoms with E-state index in [0.717, 1.165) is 32.1 Å². The van der Waals surface area contributed by atoms with Gasteiger partial charge in [-0.3, -0.25) is 14.4 Å². The van der Waals surface area contributed by atoms with Crippen molar-refractivity contribution in [3.8, 4) is 5.75 Å². The summed E-state index contributed by atoms with van der Waals surface area (Å²) in [5.74, 6) is -0.304. The van der Waals surface area contributed by atoms with Gasteiger partial charge in [-0.2, -0.15) is 0 Å². The van der Waals surface area contributed by atoms with Gasteiger partial charge in [0, 0.05) is 22.1 Å². The highest BCUT2D eigenvalue weighted by atomic mass is 79.9. The Balaban J connectivity index is 1.47. The smallest absolute Gasteiger partial charge is 0.311 e. The third-order valence-corrected chi connectivity index (χ3v) is 9.74.